The lowest BCUT2D eigenvalue weighted by Crippen LogP contribution is -2.61. The van der Waals surface area contributed by atoms with Gasteiger partial charge in [0.05, 0.1) is 12.6 Å². The van der Waals surface area contributed by atoms with E-state index in [1.165, 1.54) is 13.8 Å². The lowest BCUT2D eigenvalue weighted by molar-refractivity contribution is -0.141. The summed E-state index contributed by atoms with van der Waals surface area (Å²) in [5, 5.41) is 26.9. The summed E-state index contributed by atoms with van der Waals surface area (Å²) >= 11 is 0. The zero-order chi connectivity index (χ0) is 40.6. The molecule has 298 valence electrons. The summed E-state index contributed by atoms with van der Waals surface area (Å²) < 4.78 is 0. The standard InChI is InChI=1S/C35H64N8O9/c1-16(2)13-23(30(46)37-15-25(44)38-22(12)35(51)52)40-34(50)28(20(9)10)43-31(47)24(14-17(3)4)41-33(49)27(19(7)8)42-29(45)21(11)39-32(48)26(36)18(5)6/h16-24,26-28H,13-15,36H2,1-12H3,(H,37,46)(H,38,44)(H,39,48)(H,40,50)(H,41,49)(H,42,45)(H,43,47)(H,51,52)/t21-,22-,23-,24-,26-,27-,28-/m0/s1. The van der Waals surface area contributed by atoms with E-state index in [0.717, 1.165) is 0 Å². The van der Waals surface area contributed by atoms with E-state index in [1.807, 2.05) is 27.7 Å². The molecule has 0 saturated carbocycles. The molecule has 0 aromatic heterocycles. The predicted molar refractivity (Wildman–Crippen MR) is 195 cm³/mol. The first kappa shape index (κ1) is 47.7. The van der Waals surface area contributed by atoms with Gasteiger partial charge in [0.2, 0.25) is 41.4 Å². The van der Waals surface area contributed by atoms with Crippen molar-refractivity contribution in [3.63, 3.8) is 0 Å². The fraction of sp³-hybridized carbons (Fsp3) is 0.771. The van der Waals surface area contributed by atoms with Gasteiger partial charge in [-0.15, -0.1) is 0 Å². The van der Waals surface area contributed by atoms with E-state index < -0.39 is 108 Å². The van der Waals surface area contributed by atoms with Crippen LogP contribution in [0.2, 0.25) is 0 Å². The van der Waals surface area contributed by atoms with Gasteiger partial charge >= 0.3 is 5.97 Å². The molecule has 0 saturated heterocycles. The Hall–Kier alpha value is -4.28. The second-order valence-corrected chi connectivity index (χ2v) is 15.2. The van der Waals surface area contributed by atoms with Gasteiger partial charge in [-0.05, 0) is 56.3 Å². The summed E-state index contributed by atoms with van der Waals surface area (Å²) in [5.74, 6) is -6.84. The van der Waals surface area contributed by atoms with Gasteiger partial charge in [0.15, 0.2) is 0 Å². The molecule has 0 aromatic rings. The van der Waals surface area contributed by atoms with Crippen molar-refractivity contribution >= 4 is 47.3 Å². The van der Waals surface area contributed by atoms with Crippen molar-refractivity contribution in [2.75, 3.05) is 6.54 Å². The smallest absolute Gasteiger partial charge is 0.325 e. The number of aliphatic carboxylic acids is 1. The second-order valence-electron chi connectivity index (χ2n) is 15.2. The molecule has 0 spiro atoms. The minimum absolute atomic E-state index is 0.0547. The van der Waals surface area contributed by atoms with Crippen LogP contribution in [0, 0.1) is 29.6 Å². The van der Waals surface area contributed by atoms with Crippen molar-refractivity contribution < 1.29 is 43.5 Å². The molecule has 0 bridgehead atoms. The summed E-state index contributed by atoms with van der Waals surface area (Å²) in [5.41, 5.74) is 5.88. The topological polar surface area (TPSA) is 267 Å². The molecule has 0 rings (SSSR count). The molecule has 7 atom stereocenters. The van der Waals surface area contributed by atoms with Crippen molar-refractivity contribution in [3.05, 3.63) is 0 Å². The molecular weight excluding hydrogens is 676 g/mol. The van der Waals surface area contributed by atoms with Gasteiger partial charge in [-0.2, -0.15) is 0 Å². The lowest BCUT2D eigenvalue weighted by Gasteiger charge is -2.30. The van der Waals surface area contributed by atoms with Crippen LogP contribution in [-0.4, -0.2) is 101 Å². The first-order chi connectivity index (χ1) is 23.9. The van der Waals surface area contributed by atoms with Crippen molar-refractivity contribution in [2.24, 2.45) is 35.3 Å². The van der Waals surface area contributed by atoms with Crippen LogP contribution in [-0.2, 0) is 38.4 Å². The highest BCUT2D eigenvalue weighted by molar-refractivity contribution is 5.97. The fourth-order valence-electron chi connectivity index (χ4n) is 4.85. The van der Waals surface area contributed by atoms with Gasteiger partial charge in [-0.1, -0.05) is 69.2 Å². The van der Waals surface area contributed by atoms with Crippen LogP contribution in [0.5, 0.6) is 0 Å². The zero-order valence-electron chi connectivity index (χ0n) is 32.8. The highest BCUT2D eigenvalue weighted by Gasteiger charge is 2.34. The van der Waals surface area contributed by atoms with Crippen molar-refractivity contribution in [2.45, 2.75) is 138 Å². The van der Waals surface area contributed by atoms with E-state index >= 15 is 0 Å². The van der Waals surface area contributed by atoms with E-state index in [1.54, 1.807) is 41.5 Å². The van der Waals surface area contributed by atoms with Gasteiger partial charge in [-0.3, -0.25) is 38.4 Å². The highest BCUT2D eigenvalue weighted by atomic mass is 16.4. The maximum absolute atomic E-state index is 13.7. The zero-order valence-corrected chi connectivity index (χ0v) is 32.8. The molecule has 0 fully saturated rings. The molecule has 0 aliphatic heterocycles. The number of carbonyl (C=O) groups is 8. The number of hydrogen-bond acceptors (Lipinski definition) is 9. The third-order valence-electron chi connectivity index (χ3n) is 8.12. The molecule has 10 N–H and O–H groups in total. The van der Waals surface area contributed by atoms with E-state index in [0.29, 0.717) is 0 Å². The molecule has 0 unspecified atom stereocenters. The Kier molecular flexibility index (Phi) is 20.7. The number of nitrogens with one attached hydrogen (secondary N) is 7. The normalized spacial score (nSPS) is 15.5. The fourth-order valence-corrected chi connectivity index (χ4v) is 4.85. The van der Waals surface area contributed by atoms with Crippen molar-refractivity contribution in [3.8, 4) is 0 Å². The minimum atomic E-state index is -1.24. The first-order valence-corrected chi connectivity index (χ1v) is 18.0. The van der Waals surface area contributed by atoms with Gasteiger partial charge in [0.25, 0.3) is 0 Å². The van der Waals surface area contributed by atoms with E-state index in [2.05, 4.69) is 37.2 Å². The summed E-state index contributed by atoms with van der Waals surface area (Å²) in [4.78, 5) is 102. The number of carbonyl (C=O) groups excluding carboxylic acids is 7. The number of hydrogen-bond donors (Lipinski definition) is 9. The largest absolute Gasteiger partial charge is 0.480 e. The molecule has 17 heteroatoms. The molecule has 0 aromatic carbocycles. The molecule has 52 heavy (non-hydrogen) atoms. The van der Waals surface area contributed by atoms with Crippen molar-refractivity contribution in [1.29, 1.82) is 0 Å². The summed E-state index contributed by atoms with van der Waals surface area (Å²) in [7, 11) is 0. The van der Waals surface area contributed by atoms with Crippen LogP contribution >= 0.6 is 0 Å². The Labute approximate surface area is 307 Å². The second kappa shape index (κ2) is 22.6. The Bertz CT molecular complexity index is 1250. The van der Waals surface area contributed by atoms with Crippen LogP contribution in [0.4, 0.5) is 0 Å². The van der Waals surface area contributed by atoms with Crippen LogP contribution in [0.1, 0.15) is 95.9 Å². The summed E-state index contributed by atoms with van der Waals surface area (Å²) in [6, 6.07) is -7.34. The number of carboxylic acids is 1. The molecule has 0 aliphatic rings. The minimum Gasteiger partial charge on any atom is -0.480 e. The molecule has 0 radical (unpaired) electrons. The Morgan fingerprint density at radius 3 is 1.29 bits per heavy atom. The van der Waals surface area contributed by atoms with Crippen LogP contribution in [0.3, 0.4) is 0 Å². The van der Waals surface area contributed by atoms with Crippen LogP contribution in [0.25, 0.3) is 0 Å². The maximum Gasteiger partial charge on any atom is 0.325 e. The van der Waals surface area contributed by atoms with E-state index in [-0.39, 0.29) is 30.6 Å². The van der Waals surface area contributed by atoms with Gasteiger partial charge in [-0.25, -0.2) is 0 Å². The maximum atomic E-state index is 13.7. The van der Waals surface area contributed by atoms with Gasteiger partial charge in [0.1, 0.15) is 36.3 Å². The number of rotatable bonds is 22. The number of nitrogens with two attached hydrogens (primary N) is 1. The lowest BCUT2D eigenvalue weighted by atomic mass is 9.97. The predicted octanol–water partition coefficient (Wildman–Crippen LogP) is -0.477. The molecular formula is C35H64N8O9. The summed E-state index contributed by atoms with van der Waals surface area (Å²) in [6.45, 7) is 20.0. The Balaban J connectivity index is 5.89. The van der Waals surface area contributed by atoms with Crippen LogP contribution in [0.15, 0.2) is 0 Å². The van der Waals surface area contributed by atoms with Gasteiger partial charge in [0, 0.05) is 0 Å². The van der Waals surface area contributed by atoms with Crippen molar-refractivity contribution in [1.82, 2.24) is 37.2 Å². The van der Waals surface area contributed by atoms with E-state index in [4.69, 9.17) is 10.8 Å². The first-order valence-electron chi connectivity index (χ1n) is 18.0. The van der Waals surface area contributed by atoms with E-state index in [9.17, 15) is 38.4 Å². The molecule has 17 nitrogen and oxygen atoms in total. The quantitative estimate of drug-likeness (QED) is 0.0688. The Morgan fingerprint density at radius 1 is 0.481 bits per heavy atom. The molecule has 0 aliphatic carbocycles. The third-order valence-corrected chi connectivity index (χ3v) is 8.12. The monoisotopic (exact) mass is 740 g/mol. The Morgan fingerprint density at radius 2 is 0.904 bits per heavy atom. The van der Waals surface area contributed by atoms with Crippen LogP contribution < -0.4 is 43.0 Å². The highest BCUT2D eigenvalue weighted by Crippen LogP contribution is 2.12. The summed E-state index contributed by atoms with van der Waals surface area (Å²) in [6.07, 6.45) is 0.397. The molecule has 7 amide bonds. The number of amides is 7. The SMILES string of the molecule is CC(C)C[C@H](NC(=O)[C@@H](NC(=O)[C@H](C)NC(=O)[C@@H](N)C(C)C)C(C)C)C(=O)N[C@H](C(=O)N[C@@H](CC(C)C)C(=O)NCC(=O)N[C@@H](C)C(=O)O)C(C)C. The van der Waals surface area contributed by atoms with Gasteiger partial charge < -0.3 is 48.1 Å². The average Bonchev–Trinajstić information content (AvgIpc) is 3.02. The third kappa shape index (κ3) is 17.3. The molecule has 0 heterocycles. The average molecular weight is 741 g/mol. The number of carboxylic acid groups (broad SMARTS) is 1.